The van der Waals surface area contributed by atoms with Crippen LogP contribution in [0.25, 0.3) is 10.4 Å². The number of hydrogen-bond donors (Lipinski definition) is 1. The third kappa shape index (κ3) is 4.06. The maximum atomic E-state index is 13.0. The van der Waals surface area contributed by atoms with Crippen molar-refractivity contribution in [1.82, 2.24) is 10.3 Å². The van der Waals surface area contributed by atoms with Crippen LogP contribution in [0.4, 0.5) is 13.2 Å². The molecule has 0 saturated heterocycles. The van der Waals surface area contributed by atoms with Crippen molar-refractivity contribution in [2.24, 2.45) is 0 Å². The molecule has 0 fully saturated rings. The summed E-state index contributed by atoms with van der Waals surface area (Å²) >= 11 is 1.56. The van der Waals surface area contributed by atoms with Gasteiger partial charge in [-0.15, -0.1) is 11.3 Å². The summed E-state index contributed by atoms with van der Waals surface area (Å²) in [5, 5.41) is 4.47. The van der Waals surface area contributed by atoms with Gasteiger partial charge in [-0.2, -0.15) is 13.2 Å². The van der Waals surface area contributed by atoms with Gasteiger partial charge in [0.2, 0.25) is 0 Å². The zero-order chi connectivity index (χ0) is 17.9. The Labute approximate surface area is 146 Å². The molecule has 0 radical (unpaired) electrons. The van der Waals surface area contributed by atoms with Crippen molar-refractivity contribution < 1.29 is 18.0 Å². The first-order valence-electron chi connectivity index (χ1n) is 7.37. The monoisotopic (exact) mass is 362 g/mol. The van der Waals surface area contributed by atoms with Crippen LogP contribution in [0.5, 0.6) is 0 Å². The number of nitrogens with zero attached hydrogens (tertiary/aromatic N) is 1. The summed E-state index contributed by atoms with van der Waals surface area (Å²) < 4.78 is 39.0. The predicted octanol–water partition coefficient (Wildman–Crippen LogP) is 4.76. The first-order chi connectivity index (χ1) is 11.9. The van der Waals surface area contributed by atoms with Gasteiger partial charge < -0.3 is 5.32 Å². The number of nitrogens with one attached hydrogen (secondary N) is 1. The van der Waals surface area contributed by atoms with E-state index in [-0.39, 0.29) is 6.54 Å². The maximum Gasteiger partial charge on any atom is 0.417 e. The number of carbonyl (C=O) groups is 1. The van der Waals surface area contributed by atoms with Crippen LogP contribution in [0.1, 0.15) is 21.5 Å². The maximum absolute atomic E-state index is 13.0. The average molecular weight is 362 g/mol. The highest BCUT2D eigenvalue weighted by atomic mass is 32.1. The van der Waals surface area contributed by atoms with Crippen molar-refractivity contribution in [2.45, 2.75) is 12.7 Å². The SMILES string of the molecule is O=C(NCc1cncc(-c2cccs2)c1)c1ccccc1C(F)(F)F. The minimum Gasteiger partial charge on any atom is -0.348 e. The summed E-state index contributed by atoms with van der Waals surface area (Å²) in [6.07, 6.45) is -1.29. The van der Waals surface area contributed by atoms with Gasteiger partial charge in [0.25, 0.3) is 5.91 Å². The zero-order valence-electron chi connectivity index (χ0n) is 12.9. The van der Waals surface area contributed by atoms with Gasteiger partial charge in [-0.3, -0.25) is 9.78 Å². The highest BCUT2D eigenvalue weighted by Crippen LogP contribution is 2.31. The van der Waals surface area contributed by atoms with E-state index in [2.05, 4.69) is 10.3 Å². The van der Waals surface area contributed by atoms with Crippen molar-refractivity contribution in [3.05, 3.63) is 76.9 Å². The van der Waals surface area contributed by atoms with Crippen LogP contribution in [0, 0.1) is 0 Å². The van der Waals surface area contributed by atoms with Gasteiger partial charge in [0.1, 0.15) is 0 Å². The summed E-state index contributed by atoms with van der Waals surface area (Å²) in [6, 6.07) is 10.4. The molecule has 0 atom stereocenters. The number of rotatable bonds is 4. The van der Waals surface area contributed by atoms with E-state index in [1.807, 2.05) is 23.6 Å². The second-order valence-corrected chi connectivity index (χ2v) is 6.23. The third-order valence-electron chi connectivity index (χ3n) is 3.53. The van der Waals surface area contributed by atoms with Crippen molar-refractivity contribution in [3.63, 3.8) is 0 Å². The van der Waals surface area contributed by atoms with Crippen LogP contribution >= 0.6 is 11.3 Å². The van der Waals surface area contributed by atoms with Crippen LogP contribution in [0.15, 0.2) is 60.2 Å². The van der Waals surface area contributed by atoms with Crippen LogP contribution in [0.3, 0.4) is 0 Å². The highest BCUT2D eigenvalue weighted by molar-refractivity contribution is 7.13. The Morgan fingerprint density at radius 2 is 1.92 bits per heavy atom. The van der Waals surface area contributed by atoms with Crippen molar-refractivity contribution in [2.75, 3.05) is 0 Å². The van der Waals surface area contributed by atoms with E-state index in [0.717, 1.165) is 16.5 Å². The smallest absolute Gasteiger partial charge is 0.348 e. The second-order valence-electron chi connectivity index (χ2n) is 5.29. The van der Waals surface area contributed by atoms with E-state index in [0.29, 0.717) is 5.56 Å². The van der Waals surface area contributed by atoms with Crippen molar-refractivity contribution >= 4 is 17.2 Å². The number of carbonyl (C=O) groups excluding carboxylic acids is 1. The molecule has 25 heavy (non-hydrogen) atoms. The number of thiophene rings is 1. The van der Waals surface area contributed by atoms with Crippen LogP contribution in [0.2, 0.25) is 0 Å². The number of amides is 1. The highest BCUT2D eigenvalue weighted by Gasteiger charge is 2.34. The van der Waals surface area contributed by atoms with E-state index < -0.39 is 23.2 Å². The predicted molar refractivity (Wildman–Crippen MR) is 90.2 cm³/mol. The summed E-state index contributed by atoms with van der Waals surface area (Å²) in [5.74, 6) is -0.769. The number of hydrogen-bond acceptors (Lipinski definition) is 3. The molecule has 1 N–H and O–H groups in total. The Balaban J connectivity index is 1.75. The number of benzene rings is 1. The minimum absolute atomic E-state index is 0.0945. The zero-order valence-corrected chi connectivity index (χ0v) is 13.7. The van der Waals surface area contributed by atoms with Gasteiger partial charge in [0, 0.05) is 29.4 Å². The van der Waals surface area contributed by atoms with E-state index in [9.17, 15) is 18.0 Å². The molecule has 2 heterocycles. The molecule has 3 rings (SSSR count). The second kappa shape index (κ2) is 7.06. The number of aromatic nitrogens is 1. The van der Waals surface area contributed by atoms with Crippen LogP contribution in [-0.4, -0.2) is 10.9 Å². The fourth-order valence-corrected chi connectivity index (χ4v) is 3.08. The number of pyridine rings is 1. The molecule has 128 valence electrons. The largest absolute Gasteiger partial charge is 0.417 e. The standard InChI is InChI=1S/C18H13F3N2OS/c19-18(20,21)15-5-2-1-4-14(15)17(24)23-10-12-8-13(11-22-9-12)16-6-3-7-25-16/h1-9,11H,10H2,(H,23,24). The van der Waals surface area contributed by atoms with Gasteiger partial charge in [-0.1, -0.05) is 18.2 Å². The third-order valence-corrected chi connectivity index (χ3v) is 4.45. The molecule has 1 aromatic carbocycles. The van der Waals surface area contributed by atoms with Crippen molar-refractivity contribution in [1.29, 1.82) is 0 Å². The Morgan fingerprint density at radius 1 is 1.12 bits per heavy atom. The lowest BCUT2D eigenvalue weighted by Crippen LogP contribution is -2.25. The molecule has 0 aliphatic carbocycles. The summed E-state index contributed by atoms with van der Waals surface area (Å²) in [5.41, 5.74) is 0.275. The van der Waals surface area contributed by atoms with E-state index in [4.69, 9.17) is 0 Å². The van der Waals surface area contributed by atoms with Crippen LogP contribution < -0.4 is 5.32 Å². The van der Waals surface area contributed by atoms with Gasteiger partial charge in [0.15, 0.2) is 0 Å². The lowest BCUT2D eigenvalue weighted by molar-refractivity contribution is -0.137. The molecule has 3 aromatic rings. The van der Waals surface area contributed by atoms with Crippen molar-refractivity contribution in [3.8, 4) is 10.4 Å². The lowest BCUT2D eigenvalue weighted by atomic mass is 10.1. The van der Waals surface area contributed by atoms with Gasteiger partial charge in [-0.05, 0) is 35.2 Å². The Bertz CT molecular complexity index is 876. The molecule has 0 saturated carbocycles. The Kier molecular flexibility index (Phi) is 4.85. The summed E-state index contributed by atoms with van der Waals surface area (Å²) in [6.45, 7) is 0.0945. The molecule has 1 amide bonds. The summed E-state index contributed by atoms with van der Waals surface area (Å²) in [7, 11) is 0. The van der Waals surface area contributed by atoms with Crippen LogP contribution in [-0.2, 0) is 12.7 Å². The topological polar surface area (TPSA) is 42.0 Å². The molecule has 0 bridgehead atoms. The summed E-state index contributed by atoms with van der Waals surface area (Å²) in [4.78, 5) is 17.3. The number of halogens is 3. The normalized spacial score (nSPS) is 11.3. The fraction of sp³-hybridized carbons (Fsp3) is 0.111. The molecular weight excluding hydrogens is 349 g/mol. The molecule has 0 spiro atoms. The Hall–Kier alpha value is -2.67. The molecule has 0 aliphatic heterocycles. The fourth-order valence-electron chi connectivity index (χ4n) is 2.37. The molecular formula is C18H13F3N2OS. The molecule has 7 heteroatoms. The van der Waals surface area contributed by atoms with Gasteiger partial charge in [0.05, 0.1) is 11.1 Å². The molecule has 3 nitrogen and oxygen atoms in total. The molecule has 0 aliphatic rings. The molecule has 2 aromatic heterocycles. The quantitative estimate of drug-likeness (QED) is 0.727. The van der Waals surface area contributed by atoms with Gasteiger partial charge in [-0.25, -0.2) is 0 Å². The van der Waals surface area contributed by atoms with E-state index in [1.165, 1.54) is 18.2 Å². The van der Waals surface area contributed by atoms with E-state index >= 15 is 0 Å². The number of alkyl halides is 3. The van der Waals surface area contributed by atoms with Gasteiger partial charge >= 0.3 is 6.18 Å². The minimum atomic E-state index is -4.57. The lowest BCUT2D eigenvalue weighted by Gasteiger charge is -2.12. The first-order valence-corrected chi connectivity index (χ1v) is 8.25. The molecule has 0 unspecified atom stereocenters. The first kappa shape index (κ1) is 17.2. The average Bonchev–Trinajstić information content (AvgIpc) is 3.14. The van der Waals surface area contributed by atoms with E-state index in [1.54, 1.807) is 23.7 Å². The Morgan fingerprint density at radius 3 is 2.64 bits per heavy atom.